The summed E-state index contributed by atoms with van der Waals surface area (Å²) >= 11 is 0. The van der Waals surface area contributed by atoms with E-state index in [9.17, 15) is 0 Å². The summed E-state index contributed by atoms with van der Waals surface area (Å²) in [5, 5.41) is 10.0. The van der Waals surface area contributed by atoms with E-state index >= 15 is 0 Å². The monoisotopic (exact) mass is 341 g/mol. The van der Waals surface area contributed by atoms with E-state index in [2.05, 4.69) is 52.1 Å². The molecule has 0 aliphatic rings. The highest BCUT2D eigenvalue weighted by molar-refractivity contribution is 5.94. The first-order chi connectivity index (χ1) is 12.9. The van der Waals surface area contributed by atoms with E-state index in [1.807, 2.05) is 34.8 Å². The second-order valence-electron chi connectivity index (χ2n) is 6.58. The lowest BCUT2D eigenvalue weighted by Crippen LogP contribution is -1.99. The van der Waals surface area contributed by atoms with E-state index in [-0.39, 0.29) is 0 Å². The van der Waals surface area contributed by atoms with Crippen molar-refractivity contribution in [2.24, 2.45) is 0 Å². The number of hydrogen-bond acceptors (Lipinski definition) is 3. The molecule has 0 amide bonds. The van der Waals surface area contributed by atoms with Gasteiger partial charge in [0.15, 0.2) is 5.65 Å². The van der Waals surface area contributed by atoms with Crippen molar-refractivity contribution in [3.63, 3.8) is 0 Å². The Morgan fingerprint density at radius 1 is 0.962 bits per heavy atom. The smallest absolute Gasteiger partial charge is 0.166 e. The summed E-state index contributed by atoms with van der Waals surface area (Å²) in [6.45, 7) is 2.20. The Labute approximate surface area is 150 Å². The van der Waals surface area contributed by atoms with Crippen molar-refractivity contribution in [1.29, 1.82) is 0 Å². The van der Waals surface area contributed by atoms with Crippen LogP contribution in [0.25, 0.3) is 33.5 Å². The number of imidazole rings is 1. The van der Waals surface area contributed by atoms with Crippen LogP contribution in [0.3, 0.4) is 0 Å². The summed E-state index contributed by atoms with van der Waals surface area (Å²) in [4.78, 5) is 4.96. The molecule has 5 nitrogen and oxygen atoms in total. The summed E-state index contributed by atoms with van der Waals surface area (Å²) in [7, 11) is 0. The SMILES string of the molecule is CCCCc1nnn2c3ccccc3c3nc(-c4ccccc4)cn3c12. The average Bonchev–Trinajstić information content (AvgIpc) is 3.32. The topological polar surface area (TPSA) is 47.5 Å². The van der Waals surface area contributed by atoms with Crippen LogP contribution < -0.4 is 0 Å². The minimum atomic E-state index is 0.923. The third-order valence-corrected chi connectivity index (χ3v) is 4.86. The molecule has 0 unspecified atom stereocenters. The molecule has 0 saturated carbocycles. The Kier molecular flexibility index (Phi) is 3.45. The van der Waals surface area contributed by atoms with Crippen LogP contribution in [0, 0.1) is 0 Å². The standard InChI is InChI=1S/C21H19N5/c1-2-3-12-17-21-25-14-18(15-9-5-4-6-10-15)22-20(25)16-11-7-8-13-19(16)26(21)24-23-17/h4-11,13-14H,2-3,12H2,1H3. The molecule has 0 aliphatic carbocycles. The summed E-state index contributed by atoms with van der Waals surface area (Å²) in [5.41, 5.74) is 6.11. The Balaban J connectivity index is 1.88. The number of nitrogens with zero attached hydrogens (tertiary/aromatic N) is 5. The number of aryl methyl sites for hydroxylation is 1. The van der Waals surface area contributed by atoms with Gasteiger partial charge in [-0.15, -0.1) is 5.10 Å². The normalized spacial score (nSPS) is 11.7. The molecule has 128 valence electrons. The number of hydrogen-bond donors (Lipinski definition) is 0. The zero-order valence-corrected chi connectivity index (χ0v) is 14.6. The molecule has 3 aromatic heterocycles. The Hall–Kier alpha value is -3.21. The van der Waals surface area contributed by atoms with Gasteiger partial charge in [0.1, 0.15) is 11.3 Å². The van der Waals surface area contributed by atoms with Crippen molar-refractivity contribution in [3.05, 3.63) is 66.5 Å². The third kappa shape index (κ3) is 2.20. The van der Waals surface area contributed by atoms with Crippen LogP contribution in [-0.4, -0.2) is 24.2 Å². The quantitative estimate of drug-likeness (QED) is 0.482. The van der Waals surface area contributed by atoms with Crippen LogP contribution in [0.5, 0.6) is 0 Å². The van der Waals surface area contributed by atoms with Crippen LogP contribution >= 0.6 is 0 Å². The van der Waals surface area contributed by atoms with E-state index in [4.69, 9.17) is 4.98 Å². The lowest BCUT2D eigenvalue weighted by atomic mass is 10.2. The molecule has 0 spiro atoms. The number of fused-ring (bicyclic) bond motifs is 6. The summed E-state index contributed by atoms with van der Waals surface area (Å²) in [6, 6.07) is 18.5. The van der Waals surface area contributed by atoms with E-state index in [0.717, 1.165) is 58.4 Å². The van der Waals surface area contributed by atoms with E-state index < -0.39 is 0 Å². The van der Waals surface area contributed by atoms with Crippen molar-refractivity contribution in [2.45, 2.75) is 26.2 Å². The van der Waals surface area contributed by atoms with Gasteiger partial charge in [-0.3, -0.25) is 4.40 Å². The minimum Gasteiger partial charge on any atom is -0.281 e. The number of rotatable bonds is 4. The third-order valence-electron chi connectivity index (χ3n) is 4.86. The molecular formula is C21H19N5. The van der Waals surface area contributed by atoms with Gasteiger partial charge in [-0.25, -0.2) is 4.98 Å². The molecular weight excluding hydrogens is 322 g/mol. The molecule has 0 atom stereocenters. The Bertz CT molecular complexity index is 1220. The minimum absolute atomic E-state index is 0.923. The number of para-hydroxylation sites is 1. The fourth-order valence-corrected chi connectivity index (χ4v) is 3.54. The average molecular weight is 341 g/mol. The summed E-state index contributed by atoms with van der Waals surface area (Å²) in [6.07, 6.45) is 5.26. The van der Waals surface area contributed by atoms with Crippen LogP contribution in [-0.2, 0) is 6.42 Å². The van der Waals surface area contributed by atoms with Crippen LogP contribution in [0.15, 0.2) is 60.8 Å². The lowest BCUT2D eigenvalue weighted by Gasteiger charge is -2.05. The first kappa shape index (κ1) is 15.1. The van der Waals surface area contributed by atoms with Gasteiger partial charge in [0.25, 0.3) is 0 Å². The largest absolute Gasteiger partial charge is 0.281 e. The maximum Gasteiger partial charge on any atom is 0.166 e. The highest BCUT2D eigenvalue weighted by Gasteiger charge is 2.17. The van der Waals surface area contributed by atoms with Crippen LogP contribution in [0.4, 0.5) is 0 Å². The molecule has 2 aromatic carbocycles. The van der Waals surface area contributed by atoms with Crippen LogP contribution in [0.2, 0.25) is 0 Å². The van der Waals surface area contributed by atoms with Crippen molar-refractivity contribution in [3.8, 4) is 11.3 Å². The molecule has 0 fully saturated rings. The van der Waals surface area contributed by atoms with Gasteiger partial charge < -0.3 is 0 Å². The Morgan fingerprint density at radius 3 is 2.62 bits per heavy atom. The summed E-state index contributed by atoms with van der Waals surface area (Å²) < 4.78 is 4.10. The van der Waals surface area contributed by atoms with Crippen LogP contribution in [0.1, 0.15) is 25.5 Å². The molecule has 0 radical (unpaired) electrons. The van der Waals surface area contributed by atoms with Crippen molar-refractivity contribution >= 4 is 22.2 Å². The number of aromatic nitrogens is 5. The molecule has 3 heterocycles. The maximum atomic E-state index is 4.96. The number of benzene rings is 2. The zero-order chi connectivity index (χ0) is 17.5. The molecule has 5 rings (SSSR count). The Morgan fingerprint density at radius 2 is 1.77 bits per heavy atom. The van der Waals surface area contributed by atoms with Gasteiger partial charge in [0, 0.05) is 17.1 Å². The van der Waals surface area contributed by atoms with Gasteiger partial charge in [-0.05, 0) is 25.0 Å². The fraction of sp³-hybridized carbons (Fsp3) is 0.190. The fourth-order valence-electron chi connectivity index (χ4n) is 3.54. The van der Waals surface area contributed by atoms with Crippen molar-refractivity contribution < 1.29 is 0 Å². The molecule has 0 N–H and O–H groups in total. The van der Waals surface area contributed by atoms with Gasteiger partial charge in [0.2, 0.25) is 0 Å². The second kappa shape index (κ2) is 5.95. The second-order valence-corrected chi connectivity index (χ2v) is 6.58. The van der Waals surface area contributed by atoms with Crippen molar-refractivity contribution in [1.82, 2.24) is 24.2 Å². The van der Waals surface area contributed by atoms with Gasteiger partial charge in [0.05, 0.1) is 11.2 Å². The first-order valence-electron chi connectivity index (χ1n) is 9.06. The molecule has 0 bridgehead atoms. The first-order valence-corrected chi connectivity index (χ1v) is 9.06. The predicted molar refractivity (Wildman–Crippen MR) is 103 cm³/mol. The molecule has 26 heavy (non-hydrogen) atoms. The van der Waals surface area contributed by atoms with Gasteiger partial charge in [-0.2, -0.15) is 4.52 Å². The van der Waals surface area contributed by atoms with E-state index in [0.29, 0.717) is 0 Å². The van der Waals surface area contributed by atoms with E-state index in [1.165, 1.54) is 0 Å². The number of unbranched alkanes of at least 4 members (excludes halogenated alkanes) is 1. The predicted octanol–water partition coefficient (Wildman–Crippen LogP) is 4.54. The molecule has 5 aromatic rings. The summed E-state index contributed by atoms with van der Waals surface area (Å²) in [5.74, 6) is 0. The van der Waals surface area contributed by atoms with Gasteiger partial charge >= 0.3 is 0 Å². The molecule has 0 aliphatic heterocycles. The van der Waals surface area contributed by atoms with E-state index in [1.54, 1.807) is 0 Å². The highest BCUT2D eigenvalue weighted by Crippen LogP contribution is 2.27. The highest BCUT2D eigenvalue weighted by atomic mass is 15.4. The maximum absolute atomic E-state index is 4.96. The lowest BCUT2D eigenvalue weighted by molar-refractivity contribution is 0.768. The van der Waals surface area contributed by atoms with Gasteiger partial charge in [-0.1, -0.05) is 61.0 Å². The van der Waals surface area contributed by atoms with Crippen molar-refractivity contribution in [2.75, 3.05) is 0 Å². The molecule has 0 saturated heterocycles. The zero-order valence-electron chi connectivity index (χ0n) is 14.6. The molecule has 5 heteroatoms.